The average Bonchev–Trinajstić information content (AvgIpc) is 3.45. The van der Waals surface area contributed by atoms with Crippen LogP contribution in [0.3, 0.4) is 0 Å². The van der Waals surface area contributed by atoms with E-state index < -0.39 is 0 Å². The number of para-hydroxylation sites is 4. The van der Waals surface area contributed by atoms with E-state index in [0.29, 0.717) is 58.8 Å². The average molecular weight is 424 g/mol. The predicted molar refractivity (Wildman–Crippen MR) is 124 cm³/mol. The molecule has 0 radical (unpaired) electrons. The SMILES string of the molecule is C=CCOc1cc(-c2nc3ccccc3o2)c(OCC=C)cc1-c1nc2ccccc2o1. The summed E-state index contributed by atoms with van der Waals surface area (Å²) in [6, 6.07) is 18.8. The number of hydrogen-bond acceptors (Lipinski definition) is 6. The van der Waals surface area contributed by atoms with E-state index in [2.05, 4.69) is 23.1 Å². The third kappa shape index (κ3) is 3.63. The van der Waals surface area contributed by atoms with Crippen molar-refractivity contribution < 1.29 is 18.3 Å². The van der Waals surface area contributed by atoms with E-state index in [9.17, 15) is 0 Å². The Morgan fingerprint density at radius 1 is 0.688 bits per heavy atom. The van der Waals surface area contributed by atoms with E-state index in [4.69, 9.17) is 18.3 Å². The highest BCUT2D eigenvalue weighted by Crippen LogP contribution is 2.42. The van der Waals surface area contributed by atoms with Crippen molar-refractivity contribution >= 4 is 22.2 Å². The van der Waals surface area contributed by atoms with Crippen molar-refractivity contribution in [2.24, 2.45) is 0 Å². The van der Waals surface area contributed by atoms with Gasteiger partial charge >= 0.3 is 0 Å². The lowest BCUT2D eigenvalue weighted by molar-refractivity contribution is 0.353. The first-order valence-corrected chi connectivity index (χ1v) is 10.1. The number of ether oxygens (including phenoxy) is 2. The summed E-state index contributed by atoms with van der Waals surface area (Å²) in [6.45, 7) is 8.12. The number of nitrogens with zero attached hydrogens (tertiary/aromatic N) is 2. The zero-order valence-corrected chi connectivity index (χ0v) is 17.3. The summed E-state index contributed by atoms with van der Waals surface area (Å²) in [4.78, 5) is 9.25. The van der Waals surface area contributed by atoms with Gasteiger partial charge in [0.25, 0.3) is 0 Å². The van der Waals surface area contributed by atoms with Crippen LogP contribution >= 0.6 is 0 Å². The van der Waals surface area contributed by atoms with Crippen molar-refractivity contribution in [2.45, 2.75) is 0 Å². The number of benzene rings is 3. The quantitative estimate of drug-likeness (QED) is 0.267. The molecule has 3 aromatic carbocycles. The lowest BCUT2D eigenvalue weighted by atomic mass is 10.1. The second-order valence-corrected chi connectivity index (χ2v) is 7.02. The molecule has 32 heavy (non-hydrogen) atoms. The normalized spacial score (nSPS) is 11.0. The lowest BCUT2D eigenvalue weighted by Crippen LogP contribution is -2.00. The van der Waals surface area contributed by atoms with Crippen molar-refractivity contribution in [1.29, 1.82) is 0 Å². The van der Waals surface area contributed by atoms with Crippen molar-refractivity contribution in [3.05, 3.63) is 86.0 Å². The van der Waals surface area contributed by atoms with Crippen LogP contribution in [-0.2, 0) is 0 Å². The van der Waals surface area contributed by atoms with Crippen molar-refractivity contribution in [2.75, 3.05) is 13.2 Å². The summed E-state index contributed by atoms with van der Waals surface area (Å²) < 4.78 is 23.9. The van der Waals surface area contributed by atoms with E-state index in [1.54, 1.807) is 12.2 Å². The molecule has 6 heteroatoms. The molecule has 0 spiro atoms. The van der Waals surface area contributed by atoms with Crippen LogP contribution in [0.5, 0.6) is 11.5 Å². The van der Waals surface area contributed by atoms with Gasteiger partial charge in [0, 0.05) is 0 Å². The molecule has 5 aromatic rings. The van der Waals surface area contributed by atoms with Crippen molar-refractivity contribution in [1.82, 2.24) is 9.97 Å². The molecule has 6 nitrogen and oxygen atoms in total. The Morgan fingerprint density at radius 3 is 1.53 bits per heavy atom. The molecule has 2 aromatic heterocycles. The summed E-state index contributed by atoms with van der Waals surface area (Å²) in [5.74, 6) is 1.97. The molecule has 0 aliphatic carbocycles. The van der Waals surface area contributed by atoms with Gasteiger partial charge < -0.3 is 18.3 Å². The molecule has 0 aliphatic heterocycles. The maximum atomic E-state index is 6.00. The second-order valence-electron chi connectivity index (χ2n) is 7.02. The highest BCUT2D eigenvalue weighted by molar-refractivity contribution is 5.82. The first kappa shape index (κ1) is 19.6. The zero-order valence-electron chi connectivity index (χ0n) is 17.3. The topological polar surface area (TPSA) is 70.5 Å². The van der Waals surface area contributed by atoms with Gasteiger partial charge in [0.05, 0.1) is 11.1 Å². The Balaban J connectivity index is 1.70. The van der Waals surface area contributed by atoms with Crippen molar-refractivity contribution in [3.8, 4) is 34.4 Å². The zero-order chi connectivity index (χ0) is 21.9. The van der Waals surface area contributed by atoms with E-state index in [1.807, 2.05) is 60.7 Å². The van der Waals surface area contributed by atoms with Crippen LogP contribution in [0.1, 0.15) is 0 Å². The fourth-order valence-electron chi connectivity index (χ4n) is 3.41. The van der Waals surface area contributed by atoms with Gasteiger partial charge in [-0.05, 0) is 36.4 Å². The predicted octanol–water partition coefficient (Wildman–Crippen LogP) is 6.43. The summed E-state index contributed by atoms with van der Waals surface area (Å²) in [5, 5.41) is 0. The third-order valence-electron chi connectivity index (χ3n) is 4.84. The minimum Gasteiger partial charge on any atom is -0.489 e. The number of aromatic nitrogens is 2. The Hall–Kier alpha value is -4.32. The molecule has 0 atom stereocenters. The molecule has 0 saturated heterocycles. The summed E-state index contributed by atoms with van der Waals surface area (Å²) in [5.41, 5.74) is 4.20. The molecule has 0 amide bonds. The van der Waals surface area contributed by atoms with Crippen LogP contribution < -0.4 is 9.47 Å². The van der Waals surface area contributed by atoms with Crippen LogP contribution in [0.4, 0.5) is 0 Å². The van der Waals surface area contributed by atoms with Gasteiger partial charge in [-0.3, -0.25) is 0 Å². The molecule has 0 fully saturated rings. The highest BCUT2D eigenvalue weighted by atomic mass is 16.5. The molecule has 158 valence electrons. The highest BCUT2D eigenvalue weighted by Gasteiger charge is 2.22. The Labute approximate surface area is 184 Å². The minimum atomic E-state index is 0.313. The molecule has 0 saturated carbocycles. The summed E-state index contributed by atoms with van der Waals surface area (Å²) in [6.07, 6.45) is 3.36. The lowest BCUT2D eigenvalue weighted by Gasteiger charge is -2.14. The molecule has 0 aliphatic rings. The van der Waals surface area contributed by atoms with Crippen LogP contribution in [0, 0.1) is 0 Å². The molecule has 2 heterocycles. The molecular weight excluding hydrogens is 404 g/mol. The number of fused-ring (bicyclic) bond motifs is 2. The van der Waals surface area contributed by atoms with Crippen LogP contribution in [0.2, 0.25) is 0 Å². The standard InChI is InChI=1S/C26H20N2O4/c1-3-13-29-23-15-18(26-28-20-10-6-8-12-22(20)32-26)24(30-14-4-2)16-17(23)25-27-19-9-5-7-11-21(19)31-25/h3-12,15-16H,1-2,13-14H2. The monoisotopic (exact) mass is 424 g/mol. The first-order valence-electron chi connectivity index (χ1n) is 10.1. The van der Waals surface area contributed by atoms with Gasteiger partial charge in [0.15, 0.2) is 11.2 Å². The fraction of sp³-hybridized carbons (Fsp3) is 0.0769. The molecule has 0 bridgehead atoms. The molecule has 5 rings (SSSR count). The van der Waals surface area contributed by atoms with Gasteiger partial charge in [-0.1, -0.05) is 49.6 Å². The Bertz CT molecular complexity index is 1250. The fourth-order valence-corrected chi connectivity index (χ4v) is 3.41. The van der Waals surface area contributed by atoms with E-state index in [-0.39, 0.29) is 0 Å². The first-order chi connectivity index (χ1) is 15.8. The van der Waals surface area contributed by atoms with Gasteiger partial charge in [0.2, 0.25) is 11.8 Å². The van der Waals surface area contributed by atoms with Crippen LogP contribution in [0.15, 0.2) is 94.8 Å². The van der Waals surface area contributed by atoms with Gasteiger partial charge in [0.1, 0.15) is 35.7 Å². The van der Waals surface area contributed by atoms with Crippen LogP contribution in [0.25, 0.3) is 45.1 Å². The van der Waals surface area contributed by atoms with Crippen LogP contribution in [-0.4, -0.2) is 23.2 Å². The second kappa shape index (κ2) is 8.43. The third-order valence-corrected chi connectivity index (χ3v) is 4.84. The molecule has 0 N–H and O–H groups in total. The summed E-state index contributed by atoms with van der Waals surface area (Å²) in [7, 11) is 0. The number of hydrogen-bond donors (Lipinski definition) is 0. The summed E-state index contributed by atoms with van der Waals surface area (Å²) >= 11 is 0. The Kier molecular flexibility index (Phi) is 5.17. The van der Waals surface area contributed by atoms with Gasteiger partial charge in [-0.15, -0.1) is 0 Å². The number of oxazole rings is 2. The van der Waals surface area contributed by atoms with Gasteiger partial charge in [-0.25, -0.2) is 9.97 Å². The Morgan fingerprint density at radius 2 is 1.12 bits per heavy atom. The maximum absolute atomic E-state index is 6.00. The van der Waals surface area contributed by atoms with E-state index in [1.165, 1.54) is 0 Å². The van der Waals surface area contributed by atoms with E-state index >= 15 is 0 Å². The minimum absolute atomic E-state index is 0.313. The smallest absolute Gasteiger partial charge is 0.231 e. The number of rotatable bonds is 8. The largest absolute Gasteiger partial charge is 0.489 e. The van der Waals surface area contributed by atoms with E-state index in [0.717, 1.165) is 11.0 Å². The van der Waals surface area contributed by atoms with Gasteiger partial charge in [-0.2, -0.15) is 0 Å². The molecule has 0 unspecified atom stereocenters. The van der Waals surface area contributed by atoms with Crippen molar-refractivity contribution in [3.63, 3.8) is 0 Å². The molecular formula is C26H20N2O4. The maximum Gasteiger partial charge on any atom is 0.231 e.